The minimum atomic E-state index is -0.661. The molecule has 0 radical (unpaired) electrons. The number of amides is 1. The van der Waals surface area contributed by atoms with Gasteiger partial charge in [-0.25, -0.2) is 0 Å². The van der Waals surface area contributed by atoms with Gasteiger partial charge in [0, 0.05) is 12.5 Å². The van der Waals surface area contributed by atoms with E-state index in [9.17, 15) is 9.90 Å². The van der Waals surface area contributed by atoms with Crippen LogP contribution in [0.1, 0.15) is 32.1 Å². The second-order valence-corrected chi connectivity index (χ2v) is 6.26. The summed E-state index contributed by atoms with van der Waals surface area (Å²) in [6.45, 7) is 0.423. The maximum absolute atomic E-state index is 11.9. The highest BCUT2D eigenvalue weighted by Crippen LogP contribution is 2.26. The fourth-order valence-electron chi connectivity index (χ4n) is 2.36. The van der Waals surface area contributed by atoms with Gasteiger partial charge in [-0.05, 0) is 43.6 Å². The van der Waals surface area contributed by atoms with Gasteiger partial charge in [-0.1, -0.05) is 12.2 Å². The summed E-state index contributed by atoms with van der Waals surface area (Å²) in [5.74, 6) is 2.22. The van der Waals surface area contributed by atoms with Gasteiger partial charge in [0.15, 0.2) is 0 Å². The van der Waals surface area contributed by atoms with Gasteiger partial charge in [0.2, 0.25) is 5.91 Å². The van der Waals surface area contributed by atoms with E-state index in [4.69, 9.17) is 0 Å². The molecule has 4 heteroatoms. The molecular weight excluding hydrogens is 234 g/mol. The Balaban J connectivity index is 1.76. The summed E-state index contributed by atoms with van der Waals surface area (Å²) in [7, 11) is 0. The second kappa shape index (κ2) is 5.91. The lowest BCUT2D eigenvalue weighted by Crippen LogP contribution is -2.46. The summed E-state index contributed by atoms with van der Waals surface area (Å²) >= 11 is 1.88. The van der Waals surface area contributed by atoms with E-state index < -0.39 is 5.60 Å². The van der Waals surface area contributed by atoms with Gasteiger partial charge in [-0.15, -0.1) is 0 Å². The van der Waals surface area contributed by atoms with Gasteiger partial charge in [0.05, 0.1) is 5.60 Å². The quantitative estimate of drug-likeness (QED) is 0.755. The van der Waals surface area contributed by atoms with Gasteiger partial charge in [0.1, 0.15) is 0 Å². The minimum absolute atomic E-state index is 0.112. The zero-order chi connectivity index (χ0) is 12.1. The van der Waals surface area contributed by atoms with Gasteiger partial charge in [-0.2, -0.15) is 11.8 Å². The number of rotatable bonds is 3. The Morgan fingerprint density at radius 2 is 2.18 bits per heavy atom. The van der Waals surface area contributed by atoms with E-state index in [1.807, 2.05) is 11.8 Å². The first-order chi connectivity index (χ1) is 8.20. The summed E-state index contributed by atoms with van der Waals surface area (Å²) in [6, 6.07) is 0. The zero-order valence-corrected chi connectivity index (χ0v) is 11.0. The molecule has 2 N–H and O–H groups in total. The number of allylic oxidation sites excluding steroid dienone is 2. The van der Waals surface area contributed by atoms with Crippen molar-refractivity contribution in [1.29, 1.82) is 0 Å². The van der Waals surface area contributed by atoms with Gasteiger partial charge in [0.25, 0.3) is 0 Å². The monoisotopic (exact) mass is 255 g/mol. The molecule has 0 saturated carbocycles. The second-order valence-electron chi connectivity index (χ2n) is 5.04. The Hall–Kier alpha value is -0.480. The van der Waals surface area contributed by atoms with E-state index in [-0.39, 0.29) is 11.8 Å². The Kier molecular flexibility index (Phi) is 4.51. The molecule has 1 unspecified atom stereocenters. The van der Waals surface area contributed by atoms with Crippen LogP contribution in [0.15, 0.2) is 12.2 Å². The fraction of sp³-hybridized carbons (Fsp3) is 0.769. The molecule has 96 valence electrons. The van der Waals surface area contributed by atoms with Crippen molar-refractivity contribution in [2.45, 2.75) is 37.7 Å². The van der Waals surface area contributed by atoms with Crippen LogP contribution in [0, 0.1) is 5.92 Å². The largest absolute Gasteiger partial charge is 0.388 e. The molecule has 0 aromatic heterocycles. The third-order valence-corrected chi connectivity index (χ3v) is 4.64. The average molecular weight is 255 g/mol. The SMILES string of the molecule is O=C(NCC1(O)CCSCC1)C1CC=CCC1. The highest BCUT2D eigenvalue weighted by Gasteiger charge is 2.30. The van der Waals surface area contributed by atoms with Crippen molar-refractivity contribution in [2.24, 2.45) is 5.92 Å². The van der Waals surface area contributed by atoms with Crippen LogP contribution in [-0.4, -0.2) is 34.7 Å². The number of thioether (sulfide) groups is 1. The summed E-state index contributed by atoms with van der Waals surface area (Å²) in [5, 5.41) is 13.2. The Morgan fingerprint density at radius 1 is 1.41 bits per heavy atom. The number of aliphatic hydroxyl groups is 1. The number of nitrogens with one attached hydrogen (secondary N) is 1. The minimum Gasteiger partial charge on any atom is -0.388 e. The van der Waals surface area contributed by atoms with Crippen LogP contribution in [0.3, 0.4) is 0 Å². The van der Waals surface area contributed by atoms with Crippen LogP contribution in [0.5, 0.6) is 0 Å². The lowest BCUT2D eigenvalue weighted by atomic mass is 9.92. The molecule has 1 atom stereocenters. The molecule has 1 aliphatic carbocycles. The topological polar surface area (TPSA) is 49.3 Å². The standard InChI is InChI=1S/C13H21NO2S/c15-12(11-4-2-1-3-5-11)14-10-13(16)6-8-17-9-7-13/h1-2,11,16H,3-10H2,(H,14,15). The fourth-order valence-corrected chi connectivity index (χ4v) is 3.61. The molecule has 1 amide bonds. The molecule has 1 fully saturated rings. The first-order valence-electron chi connectivity index (χ1n) is 6.42. The van der Waals surface area contributed by atoms with Gasteiger partial charge >= 0.3 is 0 Å². The van der Waals surface area contributed by atoms with Crippen molar-refractivity contribution in [1.82, 2.24) is 5.32 Å². The van der Waals surface area contributed by atoms with Crippen molar-refractivity contribution in [3.63, 3.8) is 0 Å². The molecule has 2 aliphatic rings. The van der Waals surface area contributed by atoms with E-state index in [1.165, 1.54) is 0 Å². The highest BCUT2D eigenvalue weighted by molar-refractivity contribution is 7.99. The van der Waals surface area contributed by atoms with E-state index in [0.29, 0.717) is 6.54 Å². The van der Waals surface area contributed by atoms with Gasteiger partial charge < -0.3 is 10.4 Å². The van der Waals surface area contributed by atoms with Crippen LogP contribution in [0.25, 0.3) is 0 Å². The predicted octanol–water partition coefficient (Wildman–Crippen LogP) is 1.72. The number of carbonyl (C=O) groups is 1. The number of carbonyl (C=O) groups excluding carboxylic acids is 1. The molecular formula is C13H21NO2S. The van der Waals surface area contributed by atoms with Crippen LogP contribution in [-0.2, 0) is 4.79 Å². The number of hydrogen-bond acceptors (Lipinski definition) is 3. The van der Waals surface area contributed by atoms with Gasteiger partial charge in [-0.3, -0.25) is 4.79 Å². The molecule has 0 aromatic carbocycles. The summed E-state index contributed by atoms with van der Waals surface area (Å²) < 4.78 is 0. The van der Waals surface area contributed by atoms with E-state index in [1.54, 1.807) is 0 Å². The third-order valence-electron chi connectivity index (χ3n) is 3.66. The van der Waals surface area contributed by atoms with E-state index in [2.05, 4.69) is 17.5 Å². The Morgan fingerprint density at radius 3 is 2.82 bits per heavy atom. The van der Waals surface area contributed by atoms with Crippen molar-refractivity contribution < 1.29 is 9.90 Å². The summed E-state index contributed by atoms with van der Waals surface area (Å²) in [5.41, 5.74) is -0.661. The van der Waals surface area contributed by atoms with Crippen LogP contribution < -0.4 is 5.32 Å². The Labute approximate surface area is 107 Å². The molecule has 17 heavy (non-hydrogen) atoms. The van der Waals surface area contributed by atoms with Crippen molar-refractivity contribution in [3.8, 4) is 0 Å². The highest BCUT2D eigenvalue weighted by atomic mass is 32.2. The predicted molar refractivity (Wildman–Crippen MR) is 71.0 cm³/mol. The smallest absolute Gasteiger partial charge is 0.223 e. The van der Waals surface area contributed by atoms with Crippen LogP contribution in [0.4, 0.5) is 0 Å². The average Bonchev–Trinajstić information content (AvgIpc) is 2.38. The van der Waals surface area contributed by atoms with Crippen molar-refractivity contribution in [3.05, 3.63) is 12.2 Å². The molecule has 1 aliphatic heterocycles. The molecule has 3 nitrogen and oxygen atoms in total. The maximum Gasteiger partial charge on any atom is 0.223 e. The molecule has 0 aromatic rings. The lowest BCUT2D eigenvalue weighted by Gasteiger charge is -2.32. The van der Waals surface area contributed by atoms with Crippen LogP contribution in [0.2, 0.25) is 0 Å². The first kappa shape index (κ1) is 13.0. The van der Waals surface area contributed by atoms with Crippen molar-refractivity contribution >= 4 is 17.7 Å². The van der Waals surface area contributed by atoms with E-state index in [0.717, 1.165) is 43.6 Å². The van der Waals surface area contributed by atoms with Crippen LogP contribution >= 0.6 is 11.8 Å². The maximum atomic E-state index is 11.9. The molecule has 2 rings (SSSR count). The molecule has 0 spiro atoms. The summed E-state index contributed by atoms with van der Waals surface area (Å²) in [4.78, 5) is 11.9. The normalized spacial score (nSPS) is 27.7. The zero-order valence-electron chi connectivity index (χ0n) is 10.2. The van der Waals surface area contributed by atoms with Crippen molar-refractivity contribution in [2.75, 3.05) is 18.1 Å². The molecule has 1 heterocycles. The lowest BCUT2D eigenvalue weighted by molar-refractivity contribution is -0.126. The summed E-state index contributed by atoms with van der Waals surface area (Å²) in [6.07, 6.45) is 8.59. The van der Waals surface area contributed by atoms with E-state index >= 15 is 0 Å². The molecule has 1 saturated heterocycles. The molecule has 0 bridgehead atoms. The Bertz CT molecular complexity index is 298. The number of hydrogen-bond donors (Lipinski definition) is 2. The third kappa shape index (κ3) is 3.75. The first-order valence-corrected chi connectivity index (χ1v) is 7.58.